The van der Waals surface area contributed by atoms with Crippen LogP contribution >= 0.6 is 0 Å². The van der Waals surface area contributed by atoms with E-state index in [1.165, 1.54) is 30.5 Å². The molecular weight excluding hydrogens is 300 g/mol. The van der Waals surface area contributed by atoms with Crippen molar-refractivity contribution < 1.29 is 4.74 Å². The minimum Gasteiger partial charge on any atom is -0.385 e. The summed E-state index contributed by atoms with van der Waals surface area (Å²) in [4.78, 5) is 6.45. The maximum atomic E-state index is 5.26. The predicted molar refractivity (Wildman–Crippen MR) is 102 cm³/mol. The van der Waals surface area contributed by atoms with Crippen LogP contribution in [0.25, 0.3) is 0 Å². The molecular formula is C19H32N4O. The second-order valence-corrected chi connectivity index (χ2v) is 6.94. The summed E-state index contributed by atoms with van der Waals surface area (Å²) in [7, 11) is 7.71. The van der Waals surface area contributed by atoms with Gasteiger partial charge in [-0.05, 0) is 42.4 Å². The second-order valence-electron chi connectivity index (χ2n) is 6.94. The maximum Gasteiger partial charge on any atom is 0.191 e. The molecule has 5 heteroatoms. The zero-order valence-electron chi connectivity index (χ0n) is 15.6. The van der Waals surface area contributed by atoms with E-state index in [-0.39, 0.29) is 0 Å². The molecule has 0 heterocycles. The van der Waals surface area contributed by atoms with Crippen LogP contribution in [-0.2, 0) is 11.3 Å². The Balaban J connectivity index is 1.80. The van der Waals surface area contributed by atoms with Crippen LogP contribution in [-0.4, -0.2) is 47.4 Å². The van der Waals surface area contributed by atoms with Gasteiger partial charge < -0.3 is 20.3 Å². The Morgan fingerprint density at radius 1 is 1.21 bits per heavy atom. The van der Waals surface area contributed by atoms with Gasteiger partial charge in [0.1, 0.15) is 0 Å². The van der Waals surface area contributed by atoms with Crippen molar-refractivity contribution >= 4 is 11.6 Å². The Hall–Kier alpha value is -1.75. The van der Waals surface area contributed by atoms with Crippen molar-refractivity contribution in [1.29, 1.82) is 0 Å². The molecule has 24 heavy (non-hydrogen) atoms. The van der Waals surface area contributed by atoms with E-state index in [0.29, 0.717) is 5.41 Å². The van der Waals surface area contributed by atoms with Crippen LogP contribution in [0, 0.1) is 5.41 Å². The molecule has 0 aromatic heterocycles. The molecule has 2 rings (SSSR count). The van der Waals surface area contributed by atoms with Crippen molar-refractivity contribution in [2.24, 2.45) is 10.4 Å². The van der Waals surface area contributed by atoms with E-state index in [1.54, 1.807) is 7.11 Å². The Bertz CT molecular complexity index is 521. The number of anilines is 1. The summed E-state index contributed by atoms with van der Waals surface area (Å²) < 4.78 is 5.26. The third kappa shape index (κ3) is 5.13. The van der Waals surface area contributed by atoms with Crippen molar-refractivity contribution in [1.82, 2.24) is 10.6 Å². The molecule has 1 aromatic carbocycles. The van der Waals surface area contributed by atoms with Crippen molar-refractivity contribution in [3.8, 4) is 0 Å². The van der Waals surface area contributed by atoms with E-state index in [4.69, 9.17) is 4.74 Å². The quantitative estimate of drug-likeness (QED) is 0.567. The van der Waals surface area contributed by atoms with Crippen LogP contribution in [0.15, 0.2) is 29.3 Å². The van der Waals surface area contributed by atoms with Gasteiger partial charge in [0.05, 0.1) is 0 Å². The third-order valence-electron chi connectivity index (χ3n) is 5.02. The number of aliphatic imine (C=N–C) groups is 1. The SMILES string of the molecule is CN=C(NCc1ccc(N(C)C)cc1)NCC1(CCOC)CCC1. The lowest BCUT2D eigenvalue weighted by Crippen LogP contribution is -2.46. The molecule has 1 aromatic rings. The number of hydrogen-bond donors (Lipinski definition) is 2. The fourth-order valence-corrected chi connectivity index (χ4v) is 3.10. The summed E-state index contributed by atoms with van der Waals surface area (Å²) in [6.07, 6.45) is 5.02. The minimum atomic E-state index is 0.390. The van der Waals surface area contributed by atoms with E-state index in [2.05, 4.69) is 58.9 Å². The molecule has 0 amide bonds. The number of benzene rings is 1. The van der Waals surface area contributed by atoms with Gasteiger partial charge in [-0.2, -0.15) is 0 Å². The molecule has 1 fully saturated rings. The van der Waals surface area contributed by atoms with Crippen LogP contribution in [0.4, 0.5) is 5.69 Å². The van der Waals surface area contributed by atoms with E-state index in [1.807, 2.05) is 7.05 Å². The van der Waals surface area contributed by atoms with Gasteiger partial charge in [0.2, 0.25) is 0 Å². The molecule has 1 saturated carbocycles. The Morgan fingerprint density at radius 2 is 1.92 bits per heavy atom. The monoisotopic (exact) mass is 332 g/mol. The van der Waals surface area contributed by atoms with E-state index < -0.39 is 0 Å². The number of hydrogen-bond acceptors (Lipinski definition) is 3. The highest BCUT2D eigenvalue weighted by Crippen LogP contribution is 2.43. The minimum absolute atomic E-state index is 0.390. The van der Waals surface area contributed by atoms with Crippen molar-refractivity contribution in [2.75, 3.05) is 46.3 Å². The van der Waals surface area contributed by atoms with Crippen molar-refractivity contribution in [3.63, 3.8) is 0 Å². The van der Waals surface area contributed by atoms with Gasteiger partial charge in [-0.25, -0.2) is 0 Å². The summed E-state index contributed by atoms with van der Waals surface area (Å²) in [6, 6.07) is 8.59. The average Bonchev–Trinajstić information content (AvgIpc) is 2.56. The molecule has 134 valence electrons. The molecule has 2 N–H and O–H groups in total. The summed E-state index contributed by atoms with van der Waals surface area (Å²) in [5.74, 6) is 0.871. The Kier molecular flexibility index (Phi) is 6.91. The zero-order chi connectivity index (χ0) is 17.4. The van der Waals surface area contributed by atoms with Crippen LogP contribution in [0.1, 0.15) is 31.2 Å². The third-order valence-corrected chi connectivity index (χ3v) is 5.02. The molecule has 0 spiro atoms. The smallest absolute Gasteiger partial charge is 0.191 e. The van der Waals surface area contributed by atoms with E-state index >= 15 is 0 Å². The second kappa shape index (κ2) is 8.92. The molecule has 0 bridgehead atoms. The largest absolute Gasteiger partial charge is 0.385 e. The molecule has 1 aliphatic carbocycles. The number of rotatable bonds is 8. The van der Waals surface area contributed by atoms with Crippen molar-refractivity contribution in [3.05, 3.63) is 29.8 Å². The summed E-state index contributed by atoms with van der Waals surface area (Å²) in [5, 5.41) is 6.90. The first-order valence-corrected chi connectivity index (χ1v) is 8.78. The number of nitrogens with zero attached hydrogens (tertiary/aromatic N) is 2. The molecule has 5 nitrogen and oxygen atoms in total. The molecule has 0 atom stereocenters. The van der Waals surface area contributed by atoms with Gasteiger partial charge in [-0.3, -0.25) is 4.99 Å². The topological polar surface area (TPSA) is 48.9 Å². The molecule has 0 aliphatic heterocycles. The van der Waals surface area contributed by atoms with Gasteiger partial charge >= 0.3 is 0 Å². The van der Waals surface area contributed by atoms with Gasteiger partial charge in [0.15, 0.2) is 5.96 Å². The Labute approximate surface area is 146 Å². The van der Waals surface area contributed by atoms with E-state index in [0.717, 1.165) is 32.1 Å². The summed E-state index contributed by atoms with van der Waals surface area (Å²) in [5.41, 5.74) is 2.86. The highest BCUT2D eigenvalue weighted by Gasteiger charge is 2.36. The van der Waals surface area contributed by atoms with Crippen LogP contribution in [0.2, 0.25) is 0 Å². The molecule has 0 saturated heterocycles. The van der Waals surface area contributed by atoms with Gasteiger partial charge in [0, 0.05) is 53.6 Å². The molecule has 1 aliphatic rings. The fourth-order valence-electron chi connectivity index (χ4n) is 3.10. The first-order valence-electron chi connectivity index (χ1n) is 8.78. The highest BCUT2D eigenvalue weighted by atomic mass is 16.5. The van der Waals surface area contributed by atoms with Gasteiger partial charge in [0.25, 0.3) is 0 Å². The fraction of sp³-hybridized carbons (Fsp3) is 0.632. The average molecular weight is 332 g/mol. The standard InChI is InChI=1S/C19H32N4O/c1-20-18(22-15-19(10-5-11-19)12-13-24-4)21-14-16-6-8-17(9-7-16)23(2)3/h6-9H,5,10-15H2,1-4H3,(H2,20,21,22). The summed E-state index contributed by atoms with van der Waals surface area (Å²) >= 11 is 0. The van der Waals surface area contributed by atoms with Gasteiger partial charge in [-0.1, -0.05) is 18.6 Å². The van der Waals surface area contributed by atoms with Crippen LogP contribution < -0.4 is 15.5 Å². The normalized spacial score (nSPS) is 16.4. The first kappa shape index (κ1) is 18.6. The van der Waals surface area contributed by atoms with Crippen LogP contribution in [0.5, 0.6) is 0 Å². The number of methoxy groups -OCH3 is 1. The number of nitrogens with one attached hydrogen (secondary N) is 2. The number of guanidine groups is 1. The van der Waals surface area contributed by atoms with E-state index in [9.17, 15) is 0 Å². The first-order chi connectivity index (χ1) is 11.6. The van der Waals surface area contributed by atoms with Crippen LogP contribution in [0.3, 0.4) is 0 Å². The lowest BCUT2D eigenvalue weighted by molar-refractivity contribution is 0.0732. The predicted octanol–water partition coefficient (Wildman–Crippen LogP) is 2.62. The summed E-state index contributed by atoms with van der Waals surface area (Å²) in [6.45, 7) is 2.58. The highest BCUT2D eigenvalue weighted by molar-refractivity contribution is 5.79. The maximum absolute atomic E-state index is 5.26. The zero-order valence-corrected chi connectivity index (χ0v) is 15.6. The van der Waals surface area contributed by atoms with Crippen molar-refractivity contribution in [2.45, 2.75) is 32.2 Å². The van der Waals surface area contributed by atoms with Gasteiger partial charge in [-0.15, -0.1) is 0 Å². The molecule has 0 radical (unpaired) electrons. The Morgan fingerprint density at radius 3 is 2.42 bits per heavy atom. The lowest BCUT2D eigenvalue weighted by atomic mass is 9.67. The number of ether oxygens (including phenoxy) is 1. The lowest BCUT2D eigenvalue weighted by Gasteiger charge is -2.42. The molecule has 0 unspecified atom stereocenters.